The van der Waals surface area contributed by atoms with E-state index in [1.54, 1.807) is 18.8 Å². The number of hydrogen-bond donors (Lipinski definition) is 1. The second-order valence-electron chi connectivity index (χ2n) is 4.50. The predicted octanol–water partition coefficient (Wildman–Crippen LogP) is 2.41. The van der Waals surface area contributed by atoms with Crippen LogP contribution in [0.15, 0.2) is 18.3 Å². The van der Waals surface area contributed by atoms with Crippen LogP contribution in [-0.2, 0) is 7.05 Å². The molecular weight excluding hydrogens is 244 g/mol. The molecule has 0 aliphatic carbocycles. The molecule has 0 saturated heterocycles. The van der Waals surface area contributed by atoms with Crippen molar-refractivity contribution in [3.8, 4) is 17.0 Å². The summed E-state index contributed by atoms with van der Waals surface area (Å²) in [5, 5.41) is 13.3. The summed E-state index contributed by atoms with van der Waals surface area (Å²) >= 11 is 0. The molecule has 2 rings (SSSR count). The van der Waals surface area contributed by atoms with E-state index >= 15 is 0 Å². The Balaban J connectivity index is 2.78. The van der Waals surface area contributed by atoms with Crippen molar-refractivity contribution < 1.29 is 14.6 Å². The van der Waals surface area contributed by atoms with E-state index in [1.807, 2.05) is 26.0 Å². The molecule has 2 aromatic rings. The van der Waals surface area contributed by atoms with Gasteiger partial charge < -0.3 is 9.84 Å². The highest BCUT2D eigenvalue weighted by molar-refractivity contribution is 5.95. The van der Waals surface area contributed by atoms with Crippen LogP contribution in [0.5, 0.6) is 5.75 Å². The summed E-state index contributed by atoms with van der Waals surface area (Å²) in [5.41, 5.74) is 3.49. The number of nitrogens with zero attached hydrogens (tertiary/aromatic N) is 2. The summed E-state index contributed by atoms with van der Waals surface area (Å²) in [6.45, 7) is 3.90. The zero-order valence-electron chi connectivity index (χ0n) is 11.4. The van der Waals surface area contributed by atoms with E-state index in [1.165, 1.54) is 6.20 Å². The Morgan fingerprint density at radius 2 is 2.05 bits per heavy atom. The average Bonchev–Trinajstić information content (AvgIpc) is 2.70. The van der Waals surface area contributed by atoms with Crippen molar-refractivity contribution in [3.63, 3.8) is 0 Å². The van der Waals surface area contributed by atoms with Gasteiger partial charge in [0, 0.05) is 12.6 Å². The number of aromatic carboxylic acids is 1. The molecule has 1 aromatic carbocycles. The van der Waals surface area contributed by atoms with Crippen molar-refractivity contribution in [1.82, 2.24) is 9.78 Å². The lowest BCUT2D eigenvalue weighted by atomic mass is 10.0. The first-order valence-corrected chi connectivity index (χ1v) is 5.86. The molecule has 0 bridgehead atoms. The molecule has 1 aromatic heterocycles. The largest absolute Gasteiger partial charge is 0.496 e. The van der Waals surface area contributed by atoms with Gasteiger partial charge in [0.1, 0.15) is 11.3 Å². The minimum atomic E-state index is -0.996. The molecular formula is C14H16N2O3. The highest BCUT2D eigenvalue weighted by Crippen LogP contribution is 2.35. The van der Waals surface area contributed by atoms with Crippen LogP contribution >= 0.6 is 0 Å². The Morgan fingerprint density at radius 1 is 1.37 bits per heavy atom. The molecule has 0 radical (unpaired) electrons. The molecule has 0 spiro atoms. The Labute approximate surface area is 111 Å². The van der Waals surface area contributed by atoms with Crippen LogP contribution in [0.2, 0.25) is 0 Å². The summed E-state index contributed by atoms with van der Waals surface area (Å²) in [5.74, 6) is -0.319. The van der Waals surface area contributed by atoms with Gasteiger partial charge in [-0.25, -0.2) is 4.79 Å². The molecule has 5 nitrogen and oxygen atoms in total. The van der Waals surface area contributed by atoms with Crippen molar-refractivity contribution >= 4 is 5.97 Å². The maximum Gasteiger partial charge on any atom is 0.339 e. The quantitative estimate of drug-likeness (QED) is 0.920. The predicted molar refractivity (Wildman–Crippen MR) is 71.6 cm³/mol. The van der Waals surface area contributed by atoms with E-state index in [9.17, 15) is 9.90 Å². The first-order valence-electron chi connectivity index (χ1n) is 5.86. The number of hydrogen-bond acceptors (Lipinski definition) is 3. The fourth-order valence-corrected chi connectivity index (χ4v) is 2.31. The van der Waals surface area contributed by atoms with Crippen LogP contribution in [0.3, 0.4) is 0 Å². The first-order chi connectivity index (χ1) is 8.95. The van der Waals surface area contributed by atoms with Gasteiger partial charge in [0.15, 0.2) is 0 Å². The Bertz CT molecular complexity index is 644. The third-order valence-corrected chi connectivity index (χ3v) is 3.05. The number of ether oxygens (including phenoxy) is 1. The minimum absolute atomic E-state index is 0.172. The summed E-state index contributed by atoms with van der Waals surface area (Å²) in [7, 11) is 3.30. The van der Waals surface area contributed by atoms with Crippen molar-refractivity contribution in [3.05, 3.63) is 35.0 Å². The standard InChI is InChI=1S/C14H16N2O3/c1-8-5-9(2)13(19-4)10(6-8)12-11(14(17)18)7-15-16(12)3/h5-7H,1-4H3,(H,17,18). The Kier molecular flexibility index (Phi) is 3.29. The molecule has 1 heterocycles. The van der Waals surface area contributed by atoms with Gasteiger partial charge in [-0.1, -0.05) is 6.07 Å². The van der Waals surface area contributed by atoms with Gasteiger partial charge in [0.25, 0.3) is 0 Å². The van der Waals surface area contributed by atoms with Crippen LogP contribution in [0.4, 0.5) is 0 Å². The number of aryl methyl sites for hydroxylation is 3. The molecule has 0 aliphatic rings. The summed E-state index contributed by atoms with van der Waals surface area (Å²) in [6, 6.07) is 3.91. The number of carboxylic acid groups (broad SMARTS) is 1. The van der Waals surface area contributed by atoms with Crippen molar-refractivity contribution in [2.24, 2.45) is 7.05 Å². The second-order valence-corrected chi connectivity index (χ2v) is 4.50. The lowest BCUT2D eigenvalue weighted by Gasteiger charge is -2.13. The molecule has 0 amide bonds. The molecule has 100 valence electrons. The smallest absolute Gasteiger partial charge is 0.339 e. The molecule has 0 unspecified atom stereocenters. The number of methoxy groups -OCH3 is 1. The lowest BCUT2D eigenvalue weighted by molar-refractivity contribution is 0.0697. The molecule has 5 heteroatoms. The van der Waals surface area contributed by atoms with Crippen molar-refractivity contribution in [2.75, 3.05) is 7.11 Å². The number of aromatic nitrogens is 2. The van der Waals surface area contributed by atoms with E-state index in [4.69, 9.17) is 4.74 Å². The van der Waals surface area contributed by atoms with Crippen LogP contribution in [0, 0.1) is 13.8 Å². The second kappa shape index (κ2) is 4.76. The third kappa shape index (κ3) is 2.19. The number of benzene rings is 1. The van der Waals surface area contributed by atoms with Crippen LogP contribution in [0.1, 0.15) is 21.5 Å². The fraction of sp³-hybridized carbons (Fsp3) is 0.286. The normalized spacial score (nSPS) is 10.5. The highest BCUT2D eigenvalue weighted by atomic mass is 16.5. The number of carbonyl (C=O) groups is 1. The molecule has 0 fully saturated rings. The zero-order valence-corrected chi connectivity index (χ0v) is 11.4. The van der Waals surface area contributed by atoms with Crippen LogP contribution in [0.25, 0.3) is 11.3 Å². The average molecular weight is 260 g/mol. The van der Waals surface area contributed by atoms with Crippen LogP contribution in [-0.4, -0.2) is 28.0 Å². The third-order valence-electron chi connectivity index (χ3n) is 3.05. The number of rotatable bonds is 3. The summed E-state index contributed by atoms with van der Waals surface area (Å²) in [6.07, 6.45) is 1.36. The number of carboxylic acids is 1. The summed E-state index contributed by atoms with van der Waals surface area (Å²) in [4.78, 5) is 11.3. The highest BCUT2D eigenvalue weighted by Gasteiger charge is 2.21. The van der Waals surface area contributed by atoms with E-state index in [0.29, 0.717) is 11.4 Å². The van der Waals surface area contributed by atoms with Gasteiger partial charge in [-0.15, -0.1) is 0 Å². The molecule has 1 N–H and O–H groups in total. The fourth-order valence-electron chi connectivity index (χ4n) is 2.31. The Morgan fingerprint density at radius 3 is 2.63 bits per heavy atom. The van der Waals surface area contributed by atoms with Gasteiger partial charge in [-0.05, 0) is 31.0 Å². The molecule has 19 heavy (non-hydrogen) atoms. The maximum atomic E-state index is 11.3. The van der Waals surface area contributed by atoms with Crippen LogP contribution < -0.4 is 4.74 Å². The van der Waals surface area contributed by atoms with E-state index in [2.05, 4.69) is 5.10 Å². The Hall–Kier alpha value is -2.30. The molecule has 0 aliphatic heterocycles. The summed E-state index contributed by atoms with van der Waals surface area (Å²) < 4.78 is 6.97. The van der Waals surface area contributed by atoms with Gasteiger partial charge in [0.05, 0.1) is 19.0 Å². The van der Waals surface area contributed by atoms with Gasteiger partial charge in [-0.3, -0.25) is 4.68 Å². The maximum absolute atomic E-state index is 11.3. The zero-order chi connectivity index (χ0) is 14.2. The lowest BCUT2D eigenvalue weighted by Crippen LogP contribution is -2.03. The molecule has 0 atom stereocenters. The first kappa shape index (κ1) is 13.1. The SMILES string of the molecule is COc1c(C)cc(C)cc1-c1c(C(=O)O)cnn1C. The van der Waals surface area contributed by atoms with Gasteiger partial charge in [-0.2, -0.15) is 5.10 Å². The van der Waals surface area contributed by atoms with E-state index < -0.39 is 5.97 Å². The monoisotopic (exact) mass is 260 g/mol. The molecule has 0 saturated carbocycles. The van der Waals surface area contributed by atoms with E-state index in [0.717, 1.165) is 16.7 Å². The van der Waals surface area contributed by atoms with Gasteiger partial charge >= 0.3 is 5.97 Å². The van der Waals surface area contributed by atoms with Gasteiger partial charge in [0.2, 0.25) is 0 Å². The minimum Gasteiger partial charge on any atom is -0.496 e. The topological polar surface area (TPSA) is 64.3 Å². The van der Waals surface area contributed by atoms with Crippen molar-refractivity contribution in [1.29, 1.82) is 0 Å². The van der Waals surface area contributed by atoms with E-state index in [-0.39, 0.29) is 5.56 Å². The van der Waals surface area contributed by atoms with Crippen molar-refractivity contribution in [2.45, 2.75) is 13.8 Å².